The third-order valence-electron chi connectivity index (χ3n) is 3.92. The molecule has 3 heterocycles. The summed E-state index contributed by atoms with van der Waals surface area (Å²) in [6.07, 6.45) is 6.11. The SMILES string of the molecule is C1CCn2c(nnc2COCC2CCCNC2)C1. The molecule has 1 N–H and O–H groups in total. The molecule has 0 spiro atoms. The highest BCUT2D eigenvalue weighted by atomic mass is 16.5. The summed E-state index contributed by atoms with van der Waals surface area (Å²) in [6.45, 7) is 4.77. The Hall–Kier alpha value is -0.940. The number of fused-ring (bicyclic) bond motifs is 1. The first-order chi connectivity index (χ1) is 8.93. The minimum atomic E-state index is 0.615. The summed E-state index contributed by atoms with van der Waals surface area (Å²) in [5, 5.41) is 11.9. The highest BCUT2D eigenvalue weighted by molar-refractivity contribution is 4.97. The van der Waals surface area contributed by atoms with Gasteiger partial charge in [0.15, 0.2) is 5.82 Å². The van der Waals surface area contributed by atoms with Crippen molar-refractivity contribution in [1.82, 2.24) is 20.1 Å². The predicted octanol–water partition coefficient (Wildman–Crippen LogP) is 1.13. The van der Waals surface area contributed by atoms with E-state index in [1.54, 1.807) is 0 Å². The fourth-order valence-electron chi connectivity index (χ4n) is 2.86. The van der Waals surface area contributed by atoms with Crippen molar-refractivity contribution < 1.29 is 4.74 Å². The number of hydrogen-bond acceptors (Lipinski definition) is 4. The van der Waals surface area contributed by atoms with Gasteiger partial charge in [0, 0.05) is 19.5 Å². The minimum Gasteiger partial charge on any atom is -0.373 e. The first kappa shape index (κ1) is 12.1. The molecule has 1 fully saturated rings. The van der Waals surface area contributed by atoms with Crippen molar-refractivity contribution in [3.63, 3.8) is 0 Å². The highest BCUT2D eigenvalue weighted by Crippen LogP contribution is 2.15. The van der Waals surface area contributed by atoms with Gasteiger partial charge in [0.2, 0.25) is 0 Å². The van der Waals surface area contributed by atoms with E-state index in [1.807, 2.05) is 0 Å². The van der Waals surface area contributed by atoms with Crippen LogP contribution in [0.25, 0.3) is 0 Å². The van der Waals surface area contributed by atoms with Crippen molar-refractivity contribution in [2.45, 2.75) is 45.3 Å². The van der Waals surface area contributed by atoms with Crippen LogP contribution in [-0.4, -0.2) is 34.5 Å². The Bertz CT molecular complexity index is 384. The van der Waals surface area contributed by atoms with Crippen molar-refractivity contribution >= 4 is 0 Å². The Morgan fingerprint density at radius 3 is 3.17 bits per heavy atom. The zero-order chi connectivity index (χ0) is 12.2. The average Bonchev–Trinajstić information content (AvgIpc) is 2.84. The first-order valence-corrected chi connectivity index (χ1v) is 7.13. The second-order valence-electron chi connectivity index (χ2n) is 5.37. The lowest BCUT2D eigenvalue weighted by Crippen LogP contribution is -2.32. The lowest BCUT2D eigenvalue weighted by molar-refractivity contribution is 0.0719. The molecule has 0 aliphatic carbocycles. The van der Waals surface area contributed by atoms with Crippen molar-refractivity contribution in [1.29, 1.82) is 0 Å². The maximum Gasteiger partial charge on any atom is 0.159 e. The first-order valence-electron chi connectivity index (χ1n) is 7.13. The van der Waals surface area contributed by atoms with Gasteiger partial charge in [-0.2, -0.15) is 0 Å². The van der Waals surface area contributed by atoms with Crippen LogP contribution in [0.15, 0.2) is 0 Å². The van der Waals surface area contributed by atoms with E-state index in [0.29, 0.717) is 12.5 Å². The van der Waals surface area contributed by atoms with E-state index in [1.165, 1.54) is 25.7 Å². The number of ether oxygens (including phenoxy) is 1. The summed E-state index contributed by atoms with van der Waals surface area (Å²) in [7, 11) is 0. The Labute approximate surface area is 108 Å². The zero-order valence-electron chi connectivity index (χ0n) is 10.9. The summed E-state index contributed by atoms with van der Waals surface area (Å²) < 4.78 is 8.06. The number of hydrogen-bond donors (Lipinski definition) is 1. The van der Waals surface area contributed by atoms with Crippen molar-refractivity contribution in [3.05, 3.63) is 11.6 Å². The molecule has 2 aliphatic heterocycles. The summed E-state index contributed by atoms with van der Waals surface area (Å²) >= 11 is 0. The zero-order valence-corrected chi connectivity index (χ0v) is 10.9. The van der Waals surface area contributed by atoms with E-state index in [4.69, 9.17) is 4.74 Å². The van der Waals surface area contributed by atoms with E-state index < -0.39 is 0 Å². The monoisotopic (exact) mass is 250 g/mol. The van der Waals surface area contributed by atoms with Gasteiger partial charge < -0.3 is 14.6 Å². The smallest absolute Gasteiger partial charge is 0.159 e. The molecule has 1 unspecified atom stereocenters. The van der Waals surface area contributed by atoms with E-state index in [0.717, 1.165) is 44.3 Å². The lowest BCUT2D eigenvalue weighted by atomic mass is 10.0. The van der Waals surface area contributed by atoms with Crippen molar-refractivity contribution in [2.24, 2.45) is 5.92 Å². The molecule has 5 nitrogen and oxygen atoms in total. The van der Waals surface area contributed by atoms with Crippen LogP contribution in [0.3, 0.4) is 0 Å². The third kappa shape index (κ3) is 2.72. The number of nitrogens with zero attached hydrogens (tertiary/aromatic N) is 3. The lowest BCUT2D eigenvalue weighted by Gasteiger charge is -2.22. The highest BCUT2D eigenvalue weighted by Gasteiger charge is 2.17. The summed E-state index contributed by atoms with van der Waals surface area (Å²) in [6, 6.07) is 0. The quantitative estimate of drug-likeness (QED) is 0.870. The van der Waals surface area contributed by atoms with Gasteiger partial charge in [0.1, 0.15) is 12.4 Å². The van der Waals surface area contributed by atoms with Crippen LogP contribution in [0.5, 0.6) is 0 Å². The summed E-state index contributed by atoms with van der Waals surface area (Å²) in [5.41, 5.74) is 0. The van der Waals surface area contributed by atoms with Gasteiger partial charge in [0.05, 0.1) is 6.61 Å². The van der Waals surface area contributed by atoms with Crippen LogP contribution in [0.2, 0.25) is 0 Å². The van der Waals surface area contributed by atoms with Crippen LogP contribution < -0.4 is 5.32 Å². The van der Waals surface area contributed by atoms with Gasteiger partial charge in [-0.25, -0.2) is 0 Å². The Morgan fingerprint density at radius 2 is 2.28 bits per heavy atom. The maximum absolute atomic E-state index is 5.82. The normalized spacial score (nSPS) is 23.9. The van der Waals surface area contributed by atoms with E-state index in [-0.39, 0.29) is 0 Å². The topological polar surface area (TPSA) is 52.0 Å². The molecule has 1 saturated heterocycles. The summed E-state index contributed by atoms with van der Waals surface area (Å²) in [4.78, 5) is 0. The third-order valence-corrected chi connectivity index (χ3v) is 3.92. The van der Waals surface area contributed by atoms with Gasteiger partial charge in [-0.05, 0) is 38.1 Å². The van der Waals surface area contributed by atoms with Crippen molar-refractivity contribution in [3.8, 4) is 0 Å². The molecule has 2 aliphatic rings. The minimum absolute atomic E-state index is 0.615. The van der Waals surface area contributed by atoms with Gasteiger partial charge >= 0.3 is 0 Å². The Balaban J connectivity index is 1.49. The fourth-order valence-corrected chi connectivity index (χ4v) is 2.86. The number of aryl methyl sites for hydroxylation is 1. The Morgan fingerprint density at radius 1 is 1.28 bits per heavy atom. The van der Waals surface area contributed by atoms with Crippen LogP contribution in [0.4, 0.5) is 0 Å². The van der Waals surface area contributed by atoms with E-state index in [9.17, 15) is 0 Å². The molecule has 1 aromatic rings. The molecular weight excluding hydrogens is 228 g/mol. The van der Waals surface area contributed by atoms with Crippen molar-refractivity contribution in [2.75, 3.05) is 19.7 Å². The molecule has 100 valence electrons. The number of rotatable bonds is 4. The second kappa shape index (κ2) is 5.80. The average molecular weight is 250 g/mol. The van der Waals surface area contributed by atoms with Crippen LogP contribution >= 0.6 is 0 Å². The Kier molecular flexibility index (Phi) is 3.90. The van der Waals surface area contributed by atoms with Gasteiger partial charge in [-0.15, -0.1) is 10.2 Å². The van der Waals surface area contributed by atoms with Crippen LogP contribution in [-0.2, 0) is 24.3 Å². The molecule has 1 atom stereocenters. The molecule has 0 bridgehead atoms. The van der Waals surface area contributed by atoms with Gasteiger partial charge in [-0.1, -0.05) is 0 Å². The molecule has 0 saturated carbocycles. The second-order valence-corrected chi connectivity index (χ2v) is 5.37. The maximum atomic E-state index is 5.82. The number of aromatic nitrogens is 3. The molecule has 0 amide bonds. The number of nitrogens with one attached hydrogen (secondary N) is 1. The summed E-state index contributed by atoms with van der Waals surface area (Å²) in [5.74, 6) is 2.81. The molecular formula is C13H22N4O. The molecule has 0 radical (unpaired) electrons. The standard InChI is InChI=1S/C13H22N4O/c1-2-7-17-12(5-1)15-16-13(17)10-18-9-11-4-3-6-14-8-11/h11,14H,1-10H2. The number of piperidine rings is 1. The largest absolute Gasteiger partial charge is 0.373 e. The van der Waals surface area contributed by atoms with Crippen LogP contribution in [0.1, 0.15) is 37.3 Å². The molecule has 5 heteroatoms. The van der Waals surface area contributed by atoms with E-state index >= 15 is 0 Å². The van der Waals surface area contributed by atoms with Crippen LogP contribution in [0, 0.1) is 5.92 Å². The van der Waals surface area contributed by atoms with Gasteiger partial charge in [-0.3, -0.25) is 0 Å². The molecule has 3 rings (SSSR count). The molecule has 18 heavy (non-hydrogen) atoms. The van der Waals surface area contributed by atoms with E-state index in [2.05, 4.69) is 20.1 Å². The predicted molar refractivity (Wildman–Crippen MR) is 68.2 cm³/mol. The van der Waals surface area contributed by atoms with Gasteiger partial charge in [0.25, 0.3) is 0 Å². The molecule has 1 aromatic heterocycles. The fraction of sp³-hybridized carbons (Fsp3) is 0.846. The molecule has 0 aromatic carbocycles.